The molecule has 4 aromatic rings. The first-order valence-corrected chi connectivity index (χ1v) is 17.3. The van der Waals surface area contributed by atoms with Crippen LogP contribution in [0.4, 0.5) is 5.69 Å². The van der Waals surface area contributed by atoms with E-state index in [1.54, 1.807) is 48.5 Å². The molecule has 0 saturated heterocycles. The summed E-state index contributed by atoms with van der Waals surface area (Å²) in [5.41, 5.74) is 3.24. The van der Waals surface area contributed by atoms with Crippen molar-refractivity contribution in [2.45, 2.75) is 64.1 Å². The SMILES string of the molecule is CC[C@H](C)NC(=O)[C@H](Cc1ccccc1)N(Cc1c(Cl)cccc1Cl)C(=O)CN(c1cccc(C)c1C)S(=O)(=O)c1ccccc1. The summed E-state index contributed by atoms with van der Waals surface area (Å²) in [6, 6.07) is 26.6. The quantitative estimate of drug-likeness (QED) is 0.160. The van der Waals surface area contributed by atoms with Crippen LogP contribution >= 0.6 is 23.2 Å². The highest BCUT2D eigenvalue weighted by Gasteiger charge is 2.36. The molecule has 46 heavy (non-hydrogen) atoms. The lowest BCUT2D eigenvalue weighted by molar-refractivity contribution is -0.140. The number of rotatable bonds is 13. The average Bonchev–Trinajstić information content (AvgIpc) is 3.04. The lowest BCUT2D eigenvalue weighted by atomic mass is 10.0. The molecule has 0 aliphatic rings. The van der Waals surface area contributed by atoms with Crippen molar-refractivity contribution < 1.29 is 18.0 Å². The number of nitrogens with one attached hydrogen (secondary N) is 1. The maximum atomic E-state index is 14.7. The summed E-state index contributed by atoms with van der Waals surface area (Å²) < 4.78 is 29.6. The number of sulfonamides is 1. The molecule has 0 saturated carbocycles. The Labute approximate surface area is 282 Å². The van der Waals surface area contributed by atoms with E-state index in [0.717, 1.165) is 15.4 Å². The summed E-state index contributed by atoms with van der Waals surface area (Å²) >= 11 is 13.2. The van der Waals surface area contributed by atoms with Gasteiger partial charge in [0.25, 0.3) is 10.0 Å². The van der Waals surface area contributed by atoms with Gasteiger partial charge in [0.15, 0.2) is 0 Å². The molecule has 0 aliphatic carbocycles. The lowest BCUT2D eigenvalue weighted by Gasteiger charge is -2.35. The normalized spacial score (nSPS) is 12.7. The fourth-order valence-electron chi connectivity index (χ4n) is 5.09. The molecular weight excluding hydrogens is 641 g/mol. The predicted molar refractivity (Wildman–Crippen MR) is 186 cm³/mol. The topological polar surface area (TPSA) is 86.8 Å². The first kappa shape index (κ1) is 35.0. The zero-order valence-electron chi connectivity index (χ0n) is 26.4. The van der Waals surface area contributed by atoms with Crippen LogP contribution < -0.4 is 9.62 Å². The van der Waals surface area contributed by atoms with Gasteiger partial charge in [-0.3, -0.25) is 13.9 Å². The number of aryl methyl sites for hydroxylation is 1. The molecule has 0 aromatic heterocycles. The van der Waals surface area contributed by atoms with Gasteiger partial charge in [0.05, 0.1) is 10.6 Å². The average molecular weight is 681 g/mol. The van der Waals surface area contributed by atoms with Gasteiger partial charge in [-0.1, -0.05) is 96.9 Å². The molecule has 0 radical (unpaired) electrons. The molecule has 0 aliphatic heterocycles. The molecule has 4 rings (SSSR count). The number of benzene rings is 4. The highest BCUT2D eigenvalue weighted by Crippen LogP contribution is 2.31. The number of amides is 2. The Morgan fingerprint density at radius 2 is 1.41 bits per heavy atom. The van der Waals surface area contributed by atoms with Crippen molar-refractivity contribution in [3.8, 4) is 0 Å². The number of hydrogen-bond acceptors (Lipinski definition) is 4. The molecule has 10 heteroatoms. The Bertz CT molecular complexity index is 1750. The van der Waals surface area contributed by atoms with E-state index in [-0.39, 0.29) is 29.8 Å². The number of carbonyl (C=O) groups excluding carboxylic acids is 2. The molecule has 242 valence electrons. The standard InChI is InChI=1S/C36H39Cl2N3O4S/c1-5-26(3)39-36(43)34(22-28-15-8-6-9-16-28)40(23-30-31(37)19-13-20-32(30)38)35(42)24-41(33-21-12-14-25(2)27(33)4)46(44,45)29-17-10-7-11-18-29/h6-21,26,34H,5,22-24H2,1-4H3,(H,39,43)/t26-,34-/m0/s1. The van der Waals surface area contributed by atoms with Crippen LogP contribution in [0, 0.1) is 13.8 Å². The van der Waals surface area contributed by atoms with Crippen molar-refractivity contribution in [2.24, 2.45) is 0 Å². The Morgan fingerprint density at radius 3 is 2.02 bits per heavy atom. The smallest absolute Gasteiger partial charge is 0.264 e. The highest BCUT2D eigenvalue weighted by atomic mass is 35.5. The minimum atomic E-state index is -4.21. The third-order valence-electron chi connectivity index (χ3n) is 8.12. The fraction of sp³-hybridized carbons (Fsp3) is 0.278. The van der Waals surface area contributed by atoms with Crippen LogP contribution in [-0.4, -0.2) is 43.8 Å². The van der Waals surface area contributed by atoms with Crippen LogP contribution in [0.3, 0.4) is 0 Å². The third kappa shape index (κ3) is 8.29. The monoisotopic (exact) mass is 679 g/mol. The van der Waals surface area contributed by atoms with Crippen LogP contribution in [0.5, 0.6) is 0 Å². The minimum Gasteiger partial charge on any atom is -0.352 e. The van der Waals surface area contributed by atoms with Gasteiger partial charge >= 0.3 is 0 Å². The van der Waals surface area contributed by atoms with Gasteiger partial charge in [-0.2, -0.15) is 0 Å². The second-order valence-corrected chi connectivity index (χ2v) is 14.0. The summed E-state index contributed by atoms with van der Waals surface area (Å²) in [4.78, 5) is 30.1. The van der Waals surface area contributed by atoms with E-state index in [1.165, 1.54) is 17.0 Å². The second-order valence-electron chi connectivity index (χ2n) is 11.3. The van der Waals surface area contributed by atoms with Crippen molar-refractivity contribution in [2.75, 3.05) is 10.8 Å². The molecule has 0 spiro atoms. The molecule has 0 heterocycles. The van der Waals surface area contributed by atoms with Crippen LogP contribution in [0.1, 0.15) is 42.5 Å². The molecular formula is C36H39Cl2N3O4S. The Kier molecular flexibility index (Phi) is 11.9. The molecule has 2 amide bonds. The van der Waals surface area contributed by atoms with Gasteiger partial charge in [-0.15, -0.1) is 0 Å². The van der Waals surface area contributed by atoms with Gasteiger partial charge < -0.3 is 10.2 Å². The Hall–Kier alpha value is -3.85. The number of halogens is 2. The number of carbonyl (C=O) groups is 2. The van der Waals surface area contributed by atoms with Crippen LogP contribution in [-0.2, 0) is 32.6 Å². The molecule has 0 unspecified atom stereocenters. The molecule has 1 N–H and O–H groups in total. The number of anilines is 1. The summed E-state index contributed by atoms with van der Waals surface area (Å²) in [7, 11) is -4.21. The minimum absolute atomic E-state index is 0.0414. The summed E-state index contributed by atoms with van der Waals surface area (Å²) in [6.45, 7) is 6.88. The van der Waals surface area contributed by atoms with E-state index in [9.17, 15) is 18.0 Å². The van der Waals surface area contributed by atoms with Gasteiger partial charge in [-0.25, -0.2) is 8.42 Å². The molecule has 0 fully saturated rings. The largest absolute Gasteiger partial charge is 0.352 e. The Morgan fingerprint density at radius 1 is 0.826 bits per heavy atom. The van der Waals surface area contributed by atoms with Gasteiger partial charge in [0, 0.05) is 34.6 Å². The van der Waals surface area contributed by atoms with Crippen molar-refractivity contribution in [1.82, 2.24) is 10.2 Å². The van der Waals surface area contributed by atoms with Crippen molar-refractivity contribution in [3.05, 3.63) is 129 Å². The summed E-state index contributed by atoms with van der Waals surface area (Å²) in [5, 5.41) is 3.68. The van der Waals surface area contributed by atoms with Gasteiger partial charge in [-0.05, 0) is 74.2 Å². The van der Waals surface area contributed by atoms with Gasteiger partial charge in [0.2, 0.25) is 11.8 Å². The number of nitrogens with zero attached hydrogens (tertiary/aromatic N) is 2. The van der Waals surface area contributed by atoms with E-state index < -0.39 is 28.5 Å². The lowest BCUT2D eigenvalue weighted by Crippen LogP contribution is -2.54. The van der Waals surface area contributed by atoms with E-state index in [0.29, 0.717) is 33.3 Å². The predicted octanol–water partition coefficient (Wildman–Crippen LogP) is 7.36. The van der Waals surface area contributed by atoms with Crippen LogP contribution in [0.15, 0.2) is 102 Å². The van der Waals surface area contributed by atoms with Crippen LogP contribution in [0.25, 0.3) is 0 Å². The maximum Gasteiger partial charge on any atom is 0.264 e. The van der Waals surface area contributed by atoms with Crippen molar-refractivity contribution in [3.63, 3.8) is 0 Å². The molecule has 2 atom stereocenters. The van der Waals surface area contributed by atoms with E-state index in [2.05, 4.69) is 5.32 Å². The summed E-state index contributed by atoms with van der Waals surface area (Å²) in [6.07, 6.45) is 0.871. The van der Waals surface area contributed by atoms with Crippen molar-refractivity contribution in [1.29, 1.82) is 0 Å². The van der Waals surface area contributed by atoms with E-state index >= 15 is 0 Å². The zero-order chi connectivity index (χ0) is 33.4. The van der Waals surface area contributed by atoms with Gasteiger partial charge in [0.1, 0.15) is 12.6 Å². The third-order valence-corrected chi connectivity index (χ3v) is 10.6. The fourth-order valence-corrected chi connectivity index (χ4v) is 7.10. The first-order chi connectivity index (χ1) is 21.9. The highest BCUT2D eigenvalue weighted by molar-refractivity contribution is 7.92. The maximum absolute atomic E-state index is 14.7. The van der Waals surface area contributed by atoms with E-state index in [1.807, 2.05) is 64.1 Å². The Balaban J connectivity index is 1.87. The number of hydrogen-bond donors (Lipinski definition) is 1. The van der Waals surface area contributed by atoms with E-state index in [4.69, 9.17) is 23.2 Å². The molecule has 0 bridgehead atoms. The first-order valence-electron chi connectivity index (χ1n) is 15.1. The second kappa shape index (κ2) is 15.6. The molecule has 7 nitrogen and oxygen atoms in total. The van der Waals surface area contributed by atoms with Crippen LogP contribution in [0.2, 0.25) is 10.0 Å². The van der Waals surface area contributed by atoms with Crippen molar-refractivity contribution >= 4 is 50.7 Å². The summed E-state index contributed by atoms with van der Waals surface area (Å²) in [5.74, 6) is -0.949. The molecule has 4 aromatic carbocycles. The zero-order valence-corrected chi connectivity index (χ0v) is 28.7.